The van der Waals surface area contributed by atoms with Gasteiger partial charge in [0, 0.05) is 35.0 Å². The highest BCUT2D eigenvalue weighted by Crippen LogP contribution is 2.29. The number of methoxy groups -OCH3 is 1. The van der Waals surface area contributed by atoms with E-state index >= 15 is 0 Å². The lowest BCUT2D eigenvalue weighted by Gasteiger charge is -2.12. The summed E-state index contributed by atoms with van der Waals surface area (Å²) in [5.74, 6) is 1.53. The van der Waals surface area contributed by atoms with Gasteiger partial charge in [-0.1, -0.05) is 24.3 Å². The molecule has 0 radical (unpaired) electrons. The van der Waals surface area contributed by atoms with Gasteiger partial charge in [-0.25, -0.2) is 4.98 Å². The molecule has 8 nitrogen and oxygen atoms in total. The quantitative estimate of drug-likeness (QED) is 0.313. The number of rotatable bonds is 6. The number of non-ortho nitro benzene ring substituents is 1. The molecule has 9 heteroatoms. The molecule has 152 valence electrons. The fourth-order valence-corrected chi connectivity index (χ4v) is 2.87. The van der Waals surface area contributed by atoms with E-state index < -0.39 is 4.92 Å². The second-order valence-electron chi connectivity index (χ2n) is 6.20. The van der Waals surface area contributed by atoms with Crippen molar-refractivity contribution in [3.8, 4) is 5.75 Å². The fourth-order valence-electron chi connectivity index (χ4n) is 2.87. The smallest absolute Gasteiger partial charge is 0.270 e. The predicted octanol–water partition coefficient (Wildman–Crippen LogP) is 5.46. The molecule has 0 aliphatic heterocycles. The van der Waals surface area contributed by atoms with Crippen LogP contribution in [0.25, 0.3) is 10.9 Å². The van der Waals surface area contributed by atoms with Crippen LogP contribution in [0, 0.1) is 10.1 Å². The van der Waals surface area contributed by atoms with Crippen LogP contribution in [-0.4, -0.2) is 22.0 Å². The fraction of sp³-hybridized carbons (Fsp3) is 0.0476. The minimum Gasteiger partial charge on any atom is -0.497 e. The first kappa shape index (κ1) is 20.8. The number of para-hydroxylation sites is 1. The van der Waals surface area contributed by atoms with Gasteiger partial charge in [-0.05, 0) is 30.3 Å². The molecule has 0 bridgehead atoms. The summed E-state index contributed by atoms with van der Waals surface area (Å²) >= 11 is 0. The lowest BCUT2D eigenvalue weighted by atomic mass is 10.2. The van der Waals surface area contributed by atoms with Crippen LogP contribution in [0.1, 0.15) is 0 Å². The molecule has 3 aromatic carbocycles. The second kappa shape index (κ2) is 9.06. The summed E-state index contributed by atoms with van der Waals surface area (Å²) in [4.78, 5) is 19.8. The third-order valence-corrected chi connectivity index (χ3v) is 4.25. The third kappa shape index (κ3) is 4.56. The Hall–Kier alpha value is -3.91. The molecule has 4 rings (SSSR count). The van der Waals surface area contributed by atoms with Crippen molar-refractivity contribution >= 4 is 52.1 Å². The summed E-state index contributed by atoms with van der Waals surface area (Å²) < 4.78 is 5.24. The molecule has 1 heterocycles. The second-order valence-corrected chi connectivity index (χ2v) is 6.20. The Kier molecular flexibility index (Phi) is 6.29. The van der Waals surface area contributed by atoms with Gasteiger partial charge in [0.15, 0.2) is 0 Å². The number of nitrogens with one attached hydrogen (secondary N) is 2. The summed E-state index contributed by atoms with van der Waals surface area (Å²) in [6, 6.07) is 21.4. The van der Waals surface area contributed by atoms with Gasteiger partial charge in [-0.2, -0.15) is 4.98 Å². The number of ether oxygens (including phenoxy) is 1. The minimum atomic E-state index is -0.436. The Morgan fingerprint density at radius 1 is 0.900 bits per heavy atom. The first-order valence-electron chi connectivity index (χ1n) is 8.82. The highest BCUT2D eigenvalue weighted by Gasteiger charge is 2.14. The normalized spacial score (nSPS) is 10.2. The number of nitro benzene ring substituents is 1. The first-order valence-corrected chi connectivity index (χ1v) is 8.82. The summed E-state index contributed by atoms with van der Waals surface area (Å²) in [7, 11) is 1.60. The third-order valence-electron chi connectivity index (χ3n) is 4.25. The Bertz CT molecular complexity index is 1190. The minimum absolute atomic E-state index is 0. The van der Waals surface area contributed by atoms with Gasteiger partial charge in [-0.15, -0.1) is 12.4 Å². The molecular weight excluding hydrogens is 406 g/mol. The number of hydrogen-bond acceptors (Lipinski definition) is 7. The standard InChI is InChI=1S/C21H17N5O3.ClH/c1-29-17-9-5-8-15(12-17)23-21-24-19-11-10-16(26(27)28)13-18(19)20(25-21)22-14-6-3-2-4-7-14;/h2-13H,1H3,(H2,22,23,24,25);1H. The van der Waals surface area contributed by atoms with Crippen LogP contribution in [0.3, 0.4) is 0 Å². The predicted molar refractivity (Wildman–Crippen MR) is 119 cm³/mol. The maximum atomic E-state index is 11.2. The van der Waals surface area contributed by atoms with Crippen LogP contribution in [0.2, 0.25) is 0 Å². The Balaban J connectivity index is 0.00000256. The molecule has 1 aromatic heterocycles. The zero-order valence-corrected chi connectivity index (χ0v) is 16.7. The van der Waals surface area contributed by atoms with E-state index in [-0.39, 0.29) is 18.1 Å². The van der Waals surface area contributed by atoms with E-state index in [1.54, 1.807) is 13.2 Å². The zero-order valence-electron chi connectivity index (χ0n) is 15.9. The van der Waals surface area contributed by atoms with E-state index in [9.17, 15) is 10.1 Å². The van der Waals surface area contributed by atoms with Crippen molar-refractivity contribution in [2.24, 2.45) is 0 Å². The monoisotopic (exact) mass is 423 g/mol. The van der Waals surface area contributed by atoms with Gasteiger partial charge in [0.05, 0.1) is 17.5 Å². The van der Waals surface area contributed by atoms with Gasteiger partial charge in [0.25, 0.3) is 5.69 Å². The van der Waals surface area contributed by atoms with E-state index in [0.29, 0.717) is 28.4 Å². The average molecular weight is 424 g/mol. The maximum absolute atomic E-state index is 11.2. The molecule has 0 aliphatic carbocycles. The molecule has 0 amide bonds. The van der Waals surface area contributed by atoms with Gasteiger partial charge in [-0.3, -0.25) is 10.1 Å². The van der Waals surface area contributed by atoms with Gasteiger partial charge >= 0.3 is 0 Å². The van der Waals surface area contributed by atoms with E-state index in [0.717, 1.165) is 11.4 Å². The Labute approximate surface area is 178 Å². The lowest BCUT2D eigenvalue weighted by molar-refractivity contribution is -0.384. The maximum Gasteiger partial charge on any atom is 0.270 e. The number of nitro groups is 1. The molecular formula is C21H18ClN5O3. The number of benzene rings is 3. The SMILES string of the molecule is COc1cccc(Nc2nc(Nc3ccccc3)c3cc([N+](=O)[O-])ccc3n2)c1.Cl. The van der Waals surface area contributed by atoms with Crippen LogP contribution >= 0.6 is 12.4 Å². The number of hydrogen-bond donors (Lipinski definition) is 2. The molecule has 2 N–H and O–H groups in total. The van der Waals surface area contributed by atoms with Crippen molar-refractivity contribution in [3.63, 3.8) is 0 Å². The molecule has 0 saturated heterocycles. The largest absolute Gasteiger partial charge is 0.497 e. The molecule has 0 aliphatic rings. The van der Waals surface area contributed by atoms with E-state index in [4.69, 9.17) is 4.74 Å². The van der Waals surface area contributed by atoms with Crippen molar-refractivity contribution in [2.45, 2.75) is 0 Å². The summed E-state index contributed by atoms with van der Waals surface area (Å²) in [6.07, 6.45) is 0. The lowest BCUT2D eigenvalue weighted by Crippen LogP contribution is -2.03. The van der Waals surface area contributed by atoms with Gasteiger partial charge < -0.3 is 15.4 Å². The van der Waals surface area contributed by atoms with E-state index in [1.165, 1.54) is 12.1 Å². The molecule has 0 saturated carbocycles. The van der Waals surface area contributed by atoms with Crippen LogP contribution in [-0.2, 0) is 0 Å². The van der Waals surface area contributed by atoms with E-state index in [2.05, 4.69) is 20.6 Å². The first-order chi connectivity index (χ1) is 14.1. The van der Waals surface area contributed by atoms with Crippen molar-refractivity contribution in [2.75, 3.05) is 17.7 Å². The summed E-state index contributed by atoms with van der Waals surface area (Å²) in [5.41, 5.74) is 2.13. The van der Waals surface area contributed by atoms with Crippen molar-refractivity contribution in [1.29, 1.82) is 0 Å². The van der Waals surface area contributed by atoms with Crippen LogP contribution in [0.15, 0.2) is 72.8 Å². The number of halogens is 1. The highest BCUT2D eigenvalue weighted by molar-refractivity contribution is 5.93. The van der Waals surface area contributed by atoms with Crippen LogP contribution in [0.5, 0.6) is 5.75 Å². The number of anilines is 4. The van der Waals surface area contributed by atoms with Crippen molar-refractivity contribution < 1.29 is 9.66 Å². The number of aromatic nitrogens is 2. The summed E-state index contributed by atoms with van der Waals surface area (Å²) in [5, 5.41) is 18.1. The molecule has 30 heavy (non-hydrogen) atoms. The van der Waals surface area contributed by atoms with Crippen molar-refractivity contribution in [1.82, 2.24) is 9.97 Å². The topological polar surface area (TPSA) is 102 Å². The molecule has 4 aromatic rings. The number of fused-ring (bicyclic) bond motifs is 1. The average Bonchev–Trinajstić information content (AvgIpc) is 2.74. The highest BCUT2D eigenvalue weighted by atomic mass is 35.5. The molecule has 0 fully saturated rings. The molecule has 0 atom stereocenters. The Morgan fingerprint density at radius 3 is 2.40 bits per heavy atom. The van der Waals surface area contributed by atoms with Gasteiger partial charge in [0.1, 0.15) is 11.6 Å². The molecule has 0 spiro atoms. The molecule has 0 unspecified atom stereocenters. The Morgan fingerprint density at radius 2 is 1.67 bits per heavy atom. The van der Waals surface area contributed by atoms with Gasteiger partial charge in [0.2, 0.25) is 5.95 Å². The zero-order chi connectivity index (χ0) is 20.2. The summed E-state index contributed by atoms with van der Waals surface area (Å²) in [6.45, 7) is 0. The van der Waals surface area contributed by atoms with Crippen LogP contribution in [0.4, 0.5) is 28.8 Å². The van der Waals surface area contributed by atoms with Crippen LogP contribution < -0.4 is 15.4 Å². The van der Waals surface area contributed by atoms with E-state index in [1.807, 2.05) is 54.6 Å². The number of nitrogens with zero attached hydrogens (tertiary/aromatic N) is 3. The van der Waals surface area contributed by atoms with Crippen molar-refractivity contribution in [3.05, 3.63) is 82.9 Å².